The van der Waals surface area contributed by atoms with Gasteiger partial charge in [-0.25, -0.2) is 0 Å². The third-order valence-corrected chi connectivity index (χ3v) is 6.16. The van der Waals surface area contributed by atoms with Crippen molar-refractivity contribution in [2.75, 3.05) is 32.8 Å². The second-order valence-corrected chi connectivity index (χ2v) is 8.29. The molecule has 1 saturated heterocycles. The maximum absolute atomic E-state index is 5.99. The molecule has 1 saturated carbocycles. The summed E-state index contributed by atoms with van der Waals surface area (Å²) in [4.78, 5) is 2.47. The van der Waals surface area contributed by atoms with E-state index in [-0.39, 0.29) is 6.04 Å². The normalized spacial score (nSPS) is 20.5. The van der Waals surface area contributed by atoms with E-state index in [9.17, 15) is 0 Å². The first-order chi connectivity index (χ1) is 13.7. The van der Waals surface area contributed by atoms with Gasteiger partial charge in [-0.15, -0.1) is 0 Å². The van der Waals surface area contributed by atoms with E-state index in [4.69, 9.17) is 14.3 Å². The second-order valence-electron chi connectivity index (χ2n) is 8.29. The lowest BCUT2D eigenvalue weighted by Crippen LogP contribution is -2.42. The van der Waals surface area contributed by atoms with Crippen LogP contribution in [0.15, 0.2) is 22.7 Å². The Balaban J connectivity index is 1.42. The Hall–Kier alpha value is -1.63. The fraction of sp³-hybridized carbons (Fsp3) is 0.682. The lowest BCUT2D eigenvalue weighted by atomic mass is 9.85. The average Bonchev–Trinajstić information content (AvgIpc) is 3.32. The van der Waals surface area contributed by atoms with E-state index in [1.54, 1.807) is 0 Å². The molecule has 1 aliphatic carbocycles. The second kappa shape index (κ2) is 9.25. The number of nitrogens with one attached hydrogen (secondary N) is 1. The van der Waals surface area contributed by atoms with Crippen LogP contribution in [0.2, 0.25) is 0 Å². The first kappa shape index (κ1) is 19.7. The Morgan fingerprint density at radius 2 is 1.96 bits per heavy atom. The topological polar surface area (TPSA) is 55.5 Å². The molecule has 2 aromatic heterocycles. The van der Waals surface area contributed by atoms with Crippen LogP contribution in [0, 0.1) is 6.92 Å². The van der Waals surface area contributed by atoms with E-state index in [0.717, 1.165) is 50.9 Å². The van der Waals surface area contributed by atoms with Crippen molar-refractivity contribution in [3.63, 3.8) is 0 Å². The molecule has 0 radical (unpaired) electrons. The van der Waals surface area contributed by atoms with Gasteiger partial charge in [0.1, 0.15) is 11.5 Å². The van der Waals surface area contributed by atoms with Crippen LogP contribution in [-0.2, 0) is 18.3 Å². The van der Waals surface area contributed by atoms with Crippen molar-refractivity contribution in [1.82, 2.24) is 20.0 Å². The Morgan fingerprint density at radius 3 is 2.68 bits per heavy atom. The summed E-state index contributed by atoms with van der Waals surface area (Å²) in [6, 6.07) is 4.42. The summed E-state index contributed by atoms with van der Waals surface area (Å²) in [6.07, 6.45) is 8.81. The first-order valence-electron chi connectivity index (χ1n) is 10.8. The molecule has 0 bridgehead atoms. The summed E-state index contributed by atoms with van der Waals surface area (Å²) in [5, 5.41) is 8.52. The van der Waals surface area contributed by atoms with E-state index >= 15 is 0 Å². The van der Waals surface area contributed by atoms with Crippen molar-refractivity contribution in [2.24, 2.45) is 7.05 Å². The number of hydrogen-bond donors (Lipinski definition) is 1. The molecule has 4 rings (SSSR count). The molecule has 0 amide bonds. The molecule has 2 aliphatic rings. The SMILES string of the molecule is Cc1ccc(C(CNCc2cn(C)nc2C2CCCCC2)N2CCOCC2)o1. The molecule has 1 atom stereocenters. The Labute approximate surface area is 168 Å². The van der Waals surface area contributed by atoms with Crippen LogP contribution in [0.25, 0.3) is 0 Å². The number of nitrogens with zero attached hydrogens (tertiary/aromatic N) is 3. The van der Waals surface area contributed by atoms with Crippen LogP contribution in [0.1, 0.15) is 66.8 Å². The van der Waals surface area contributed by atoms with Crippen LogP contribution in [0.3, 0.4) is 0 Å². The van der Waals surface area contributed by atoms with Gasteiger partial charge in [0.05, 0.1) is 24.9 Å². The number of furan rings is 1. The third kappa shape index (κ3) is 4.67. The van der Waals surface area contributed by atoms with Gasteiger partial charge in [-0.3, -0.25) is 9.58 Å². The van der Waals surface area contributed by atoms with Crippen molar-refractivity contribution in [2.45, 2.75) is 57.5 Å². The molecule has 154 valence electrons. The number of aryl methyl sites for hydroxylation is 2. The fourth-order valence-electron chi connectivity index (χ4n) is 4.69. The van der Waals surface area contributed by atoms with Gasteiger partial charge in [-0.1, -0.05) is 19.3 Å². The highest BCUT2D eigenvalue weighted by atomic mass is 16.5. The smallest absolute Gasteiger partial charge is 0.122 e. The maximum Gasteiger partial charge on any atom is 0.122 e. The molecule has 0 aromatic carbocycles. The van der Waals surface area contributed by atoms with Gasteiger partial charge in [0.15, 0.2) is 0 Å². The number of ether oxygens (including phenoxy) is 1. The predicted octanol–water partition coefficient (Wildman–Crippen LogP) is 3.53. The Morgan fingerprint density at radius 1 is 1.18 bits per heavy atom. The highest BCUT2D eigenvalue weighted by Crippen LogP contribution is 2.33. The number of rotatable bonds is 7. The van der Waals surface area contributed by atoms with Crippen LogP contribution in [0.5, 0.6) is 0 Å². The highest BCUT2D eigenvalue weighted by molar-refractivity contribution is 5.22. The first-order valence-corrected chi connectivity index (χ1v) is 10.8. The molecule has 6 nitrogen and oxygen atoms in total. The minimum atomic E-state index is 0.243. The molecule has 3 heterocycles. The maximum atomic E-state index is 5.99. The largest absolute Gasteiger partial charge is 0.465 e. The van der Waals surface area contributed by atoms with Gasteiger partial charge in [0.2, 0.25) is 0 Å². The number of morpholine rings is 1. The minimum Gasteiger partial charge on any atom is -0.465 e. The molecule has 2 fully saturated rings. The molecule has 0 spiro atoms. The van der Waals surface area contributed by atoms with Gasteiger partial charge in [0.25, 0.3) is 0 Å². The van der Waals surface area contributed by atoms with Crippen molar-refractivity contribution in [3.8, 4) is 0 Å². The zero-order valence-corrected chi connectivity index (χ0v) is 17.3. The fourth-order valence-corrected chi connectivity index (χ4v) is 4.69. The van der Waals surface area contributed by atoms with E-state index in [1.165, 1.54) is 43.4 Å². The zero-order chi connectivity index (χ0) is 19.3. The highest BCUT2D eigenvalue weighted by Gasteiger charge is 2.26. The predicted molar refractivity (Wildman–Crippen MR) is 109 cm³/mol. The van der Waals surface area contributed by atoms with E-state index in [2.05, 4.69) is 28.5 Å². The van der Waals surface area contributed by atoms with Crippen molar-refractivity contribution in [1.29, 1.82) is 0 Å². The lowest BCUT2D eigenvalue weighted by Gasteiger charge is -2.33. The summed E-state index contributed by atoms with van der Waals surface area (Å²) < 4.78 is 13.5. The van der Waals surface area contributed by atoms with Crippen molar-refractivity contribution < 1.29 is 9.15 Å². The number of aromatic nitrogens is 2. The molecule has 1 unspecified atom stereocenters. The Bertz CT molecular complexity index is 742. The van der Waals surface area contributed by atoms with Crippen LogP contribution >= 0.6 is 0 Å². The summed E-state index contributed by atoms with van der Waals surface area (Å²) in [6.45, 7) is 7.24. The third-order valence-electron chi connectivity index (χ3n) is 6.16. The zero-order valence-electron chi connectivity index (χ0n) is 17.3. The molecular weight excluding hydrogens is 352 g/mol. The molecular formula is C22H34N4O2. The minimum absolute atomic E-state index is 0.243. The van der Waals surface area contributed by atoms with Crippen LogP contribution in [-0.4, -0.2) is 47.5 Å². The molecule has 1 N–H and O–H groups in total. The summed E-state index contributed by atoms with van der Waals surface area (Å²) in [7, 11) is 2.04. The van der Waals surface area contributed by atoms with E-state index in [0.29, 0.717) is 5.92 Å². The molecule has 28 heavy (non-hydrogen) atoms. The van der Waals surface area contributed by atoms with Gasteiger partial charge < -0.3 is 14.5 Å². The summed E-state index contributed by atoms with van der Waals surface area (Å²) >= 11 is 0. The summed E-state index contributed by atoms with van der Waals surface area (Å²) in [5.74, 6) is 2.65. The van der Waals surface area contributed by atoms with Gasteiger partial charge in [0, 0.05) is 50.9 Å². The standard InChI is InChI=1S/C22H34N4O2/c1-17-8-9-21(28-17)20(26-10-12-27-13-11-26)15-23-14-19-16-25(2)24-22(19)18-6-4-3-5-7-18/h8-9,16,18,20,23H,3-7,10-15H2,1-2H3. The lowest BCUT2D eigenvalue weighted by molar-refractivity contribution is 0.0115. The van der Waals surface area contributed by atoms with Crippen molar-refractivity contribution >= 4 is 0 Å². The summed E-state index contributed by atoms with van der Waals surface area (Å²) in [5.41, 5.74) is 2.66. The van der Waals surface area contributed by atoms with E-state index in [1.807, 2.05) is 18.7 Å². The molecule has 2 aromatic rings. The number of hydrogen-bond acceptors (Lipinski definition) is 5. The Kier molecular flexibility index (Phi) is 6.50. The van der Waals surface area contributed by atoms with E-state index < -0.39 is 0 Å². The van der Waals surface area contributed by atoms with Gasteiger partial charge in [-0.2, -0.15) is 5.10 Å². The molecule has 6 heteroatoms. The monoisotopic (exact) mass is 386 g/mol. The van der Waals surface area contributed by atoms with Crippen molar-refractivity contribution in [3.05, 3.63) is 41.1 Å². The van der Waals surface area contributed by atoms with Gasteiger partial charge in [-0.05, 0) is 31.9 Å². The average molecular weight is 387 g/mol. The van der Waals surface area contributed by atoms with Crippen LogP contribution < -0.4 is 5.32 Å². The quantitative estimate of drug-likeness (QED) is 0.789. The van der Waals surface area contributed by atoms with Crippen LogP contribution in [0.4, 0.5) is 0 Å². The van der Waals surface area contributed by atoms with Gasteiger partial charge >= 0.3 is 0 Å². The molecule has 1 aliphatic heterocycles.